The van der Waals surface area contributed by atoms with Crippen LogP contribution in [0.1, 0.15) is 33.6 Å². The molecule has 0 aromatic heterocycles. The minimum Gasteiger partial charge on any atom is -0.395 e. The molecule has 1 aliphatic rings. The molecule has 1 heterocycles. The second-order valence-corrected chi connectivity index (χ2v) is 5.04. The Balaban J connectivity index is 2.60. The molecule has 0 aliphatic carbocycles. The first-order valence-corrected chi connectivity index (χ1v) is 5.37. The third kappa shape index (κ3) is 2.47. The molecule has 3 nitrogen and oxygen atoms in total. The number of hydrogen-bond donors (Lipinski definition) is 1. The lowest BCUT2D eigenvalue weighted by Gasteiger charge is -2.35. The van der Waals surface area contributed by atoms with Crippen LogP contribution in [0, 0.1) is 11.3 Å². The maximum absolute atomic E-state index is 12.0. The number of piperidine rings is 1. The van der Waals surface area contributed by atoms with E-state index < -0.39 is 5.41 Å². The van der Waals surface area contributed by atoms with Gasteiger partial charge in [0.1, 0.15) is 0 Å². The van der Waals surface area contributed by atoms with Crippen LogP contribution in [0.4, 0.5) is 0 Å². The van der Waals surface area contributed by atoms with E-state index in [0.717, 1.165) is 19.5 Å². The van der Waals surface area contributed by atoms with Gasteiger partial charge in [-0.1, -0.05) is 6.92 Å². The third-order valence-corrected chi connectivity index (χ3v) is 2.92. The highest BCUT2D eigenvalue weighted by Gasteiger charge is 2.32. The summed E-state index contributed by atoms with van der Waals surface area (Å²) in [7, 11) is 0. The standard InChI is InChI=1S/C11H21NO2/c1-9-5-4-6-12(7-9)10(14)11(2,3)8-13/h9,13H,4-8H2,1-3H3. The molecule has 1 unspecified atom stereocenters. The number of likely N-dealkylation sites (tertiary alicyclic amines) is 1. The molecule has 0 spiro atoms. The molecule has 0 aromatic carbocycles. The maximum atomic E-state index is 12.0. The van der Waals surface area contributed by atoms with Gasteiger partial charge >= 0.3 is 0 Å². The van der Waals surface area contributed by atoms with Crippen LogP contribution in [0.3, 0.4) is 0 Å². The van der Waals surface area contributed by atoms with Gasteiger partial charge in [0, 0.05) is 13.1 Å². The smallest absolute Gasteiger partial charge is 0.230 e. The summed E-state index contributed by atoms with van der Waals surface area (Å²) in [5.74, 6) is 0.689. The normalized spacial score (nSPS) is 23.7. The molecule has 1 N–H and O–H groups in total. The predicted molar refractivity (Wildman–Crippen MR) is 55.8 cm³/mol. The van der Waals surface area contributed by atoms with Gasteiger partial charge in [-0.2, -0.15) is 0 Å². The van der Waals surface area contributed by atoms with Gasteiger partial charge in [0.15, 0.2) is 0 Å². The first-order chi connectivity index (χ1) is 6.47. The van der Waals surface area contributed by atoms with Crippen molar-refractivity contribution in [1.29, 1.82) is 0 Å². The van der Waals surface area contributed by atoms with Crippen LogP contribution >= 0.6 is 0 Å². The van der Waals surface area contributed by atoms with Gasteiger partial charge in [-0.05, 0) is 32.6 Å². The summed E-state index contributed by atoms with van der Waals surface area (Å²) >= 11 is 0. The highest BCUT2D eigenvalue weighted by Crippen LogP contribution is 2.23. The lowest BCUT2D eigenvalue weighted by atomic mass is 9.90. The van der Waals surface area contributed by atoms with Crippen LogP contribution < -0.4 is 0 Å². The third-order valence-electron chi connectivity index (χ3n) is 2.92. The lowest BCUT2D eigenvalue weighted by molar-refractivity contribution is -0.144. The van der Waals surface area contributed by atoms with Gasteiger partial charge in [0.25, 0.3) is 0 Å². The Morgan fingerprint density at radius 1 is 1.57 bits per heavy atom. The number of carbonyl (C=O) groups excluding carboxylic acids is 1. The van der Waals surface area contributed by atoms with Crippen molar-refractivity contribution < 1.29 is 9.90 Å². The Bertz CT molecular complexity index is 213. The first kappa shape index (κ1) is 11.5. The summed E-state index contributed by atoms with van der Waals surface area (Å²) in [6.45, 7) is 7.40. The maximum Gasteiger partial charge on any atom is 0.230 e. The van der Waals surface area contributed by atoms with Gasteiger partial charge < -0.3 is 10.0 Å². The number of amides is 1. The molecule has 0 saturated carbocycles. The summed E-state index contributed by atoms with van der Waals surface area (Å²) in [5, 5.41) is 9.11. The Labute approximate surface area is 86.1 Å². The van der Waals surface area contributed by atoms with Crippen LogP contribution in [0.25, 0.3) is 0 Å². The van der Waals surface area contributed by atoms with E-state index in [1.807, 2.05) is 4.90 Å². The Morgan fingerprint density at radius 3 is 2.71 bits per heavy atom. The SMILES string of the molecule is CC1CCCN(C(=O)C(C)(C)CO)C1. The molecular weight excluding hydrogens is 178 g/mol. The van der Waals surface area contributed by atoms with E-state index in [1.165, 1.54) is 6.42 Å². The fourth-order valence-corrected chi connectivity index (χ4v) is 1.87. The second kappa shape index (κ2) is 4.30. The molecular formula is C11H21NO2. The van der Waals surface area contributed by atoms with Crippen molar-refractivity contribution >= 4 is 5.91 Å². The van der Waals surface area contributed by atoms with Crippen molar-refractivity contribution in [3.63, 3.8) is 0 Å². The minimum atomic E-state index is -0.614. The van der Waals surface area contributed by atoms with E-state index >= 15 is 0 Å². The summed E-state index contributed by atoms with van der Waals surface area (Å²) in [6.07, 6.45) is 2.30. The predicted octanol–water partition coefficient (Wildman–Crippen LogP) is 1.26. The Morgan fingerprint density at radius 2 is 2.21 bits per heavy atom. The zero-order chi connectivity index (χ0) is 10.8. The fourth-order valence-electron chi connectivity index (χ4n) is 1.87. The van der Waals surface area contributed by atoms with Crippen molar-refractivity contribution in [2.75, 3.05) is 19.7 Å². The molecule has 1 atom stereocenters. The van der Waals surface area contributed by atoms with E-state index in [0.29, 0.717) is 5.92 Å². The molecule has 0 aromatic rings. The largest absolute Gasteiger partial charge is 0.395 e. The molecule has 0 bridgehead atoms. The van der Waals surface area contributed by atoms with Crippen molar-refractivity contribution in [3.05, 3.63) is 0 Å². The second-order valence-electron chi connectivity index (χ2n) is 5.04. The van der Waals surface area contributed by atoms with Gasteiger partial charge in [-0.3, -0.25) is 4.79 Å². The molecule has 0 radical (unpaired) electrons. The van der Waals surface area contributed by atoms with Crippen LogP contribution in [-0.4, -0.2) is 35.6 Å². The topological polar surface area (TPSA) is 40.5 Å². The molecule has 82 valence electrons. The number of carbonyl (C=O) groups is 1. The molecule has 1 aliphatic heterocycles. The zero-order valence-corrected chi connectivity index (χ0v) is 9.42. The van der Waals surface area contributed by atoms with Gasteiger partial charge in [0.2, 0.25) is 5.91 Å². The first-order valence-electron chi connectivity index (χ1n) is 5.37. The van der Waals surface area contributed by atoms with Gasteiger partial charge in [0.05, 0.1) is 12.0 Å². The van der Waals surface area contributed by atoms with E-state index in [2.05, 4.69) is 6.92 Å². The van der Waals surface area contributed by atoms with Gasteiger partial charge in [-0.15, -0.1) is 0 Å². The minimum absolute atomic E-state index is 0.0727. The molecule has 1 saturated heterocycles. The van der Waals surface area contributed by atoms with Crippen LogP contribution in [-0.2, 0) is 4.79 Å². The summed E-state index contributed by atoms with van der Waals surface area (Å²) in [5.41, 5.74) is -0.614. The van der Waals surface area contributed by atoms with E-state index in [9.17, 15) is 4.79 Å². The Hall–Kier alpha value is -0.570. The number of hydrogen-bond acceptors (Lipinski definition) is 2. The van der Waals surface area contributed by atoms with Gasteiger partial charge in [-0.25, -0.2) is 0 Å². The summed E-state index contributed by atoms with van der Waals surface area (Å²) in [4.78, 5) is 13.9. The zero-order valence-electron chi connectivity index (χ0n) is 9.42. The molecule has 1 rings (SSSR count). The Kier molecular flexibility index (Phi) is 3.53. The van der Waals surface area contributed by atoms with Crippen molar-refractivity contribution in [2.45, 2.75) is 33.6 Å². The highest BCUT2D eigenvalue weighted by atomic mass is 16.3. The van der Waals surface area contributed by atoms with E-state index in [4.69, 9.17) is 5.11 Å². The lowest BCUT2D eigenvalue weighted by Crippen LogP contribution is -2.47. The van der Waals surface area contributed by atoms with Crippen LogP contribution in [0.2, 0.25) is 0 Å². The van der Waals surface area contributed by atoms with Crippen LogP contribution in [0.15, 0.2) is 0 Å². The molecule has 1 amide bonds. The quantitative estimate of drug-likeness (QED) is 0.727. The number of rotatable bonds is 2. The summed E-state index contributed by atoms with van der Waals surface area (Å²) < 4.78 is 0. The molecule has 1 fully saturated rings. The fraction of sp³-hybridized carbons (Fsp3) is 0.909. The number of aliphatic hydroxyl groups is 1. The molecule has 3 heteroatoms. The average Bonchev–Trinajstić information content (AvgIpc) is 2.16. The monoisotopic (exact) mass is 199 g/mol. The van der Waals surface area contributed by atoms with Crippen molar-refractivity contribution in [2.24, 2.45) is 11.3 Å². The van der Waals surface area contributed by atoms with E-state index in [1.54, 1.807) is 13.8 Å². The average molecular weight is 199 g/mol. The van der Waals surface area contributed by atoms with Crippen molar-refractivity contribution in [3.8, 4) is 0 Å². The number of nitrogens with zero attached hydrogens (tertiary/aromatic N) is 1. The molecule has 14 heavy (non-hydrogen) atoms. The van der Waals surface area contributed by atoms with Crippen LogP contribution in [0.5, 0.6) is 0 Å². The van der Waals surface area contributed by atoms with E-state index in [-0.39, 0.29) is 12.5 Å². The number of aliphatic hydroxyl groups excluding tert-OH is 1. The highest BCUT2D eigenvalue weighted by molar-refractivity contribution is 5.82. The summed E-state index contributed by atoms with van der Waals surface area (Å²) in [6, 6.07) is 0. The van der Waals surface area contributed by atoms with Crippen molar-refractivity contribution in [1.82, 2.24) is 4.90 Å².